The van der Waals surface area contributed by atoms with E-state index < -0.39 is 0 Å². The largest absolute Gasteiger partial charge is 0.392 e. The van der Waals surface area contributed by atoms with Crippen LogP contribution in [0.5, 0.6) is 0 Å². The molecule has 1 aromatic rings. The minimum Gasteiger partial charge on any atom is -0.392 e. The average Bonchev–Trinajstić information content (AvgIpc) is 1.99. The smallest absolute Gasteiger partial charge is 0.0682 e. The highest BCUT2D eigenvalue weighted by molar-refractivity contribution is 14.1. The molecule has 0 atom stereocenters. The fourth-order valence-electron chi connectivity index (χ4n) is 0.889. The van der Waals surface area contributed by atoms with Crippen molar-refractivity contribution in [1.29, 1.82) is 0 Å². The minimum atomic E-state index is 0.115. The molecule has 0 fully saturated rings. The van der Waals surface area contributed by atoms with Crippen LogP contribution in [0.15, 0.2) is 16.6 Å². The Hall–Kier alpha value is 0.390. The summed E-state index contributed by atoms with van der Waals surface area (Å²) in [6.45, 7) is 2.13. The summed E-state index contributed by atoms with van der Waals surface area (Å²) in [4.78, 5) is 0. The number of aliphatic hydroxyl groups excluding tert-OH is 1. The molecule has 0 aliphatic carbocycles. The first-order valence-electron chi connectivity index (χ1n) is 3.20. The predicted octanol–water partition coefficient (Wildman–Crippen LogP) is 2.85. The molecule has 0 unspecified atom stereocenters. The fraction of sp³-hybridized carbons (Fsp3) is 0.250. The zero-order valence-electron chi connectivity index (χ0n) is 6.06. The summed E-state index contributed by atoms with van der Waals surface area (Å²) in [5, 5.41) is 8.86. The van der Waals surface area contributed by atoms with E-state index in [0.717, 1.165) is 13.6 Å². The summed E-state index contributed by atoms with van der Waals surface area (Å²) < 4.78 is 2.27. The predicted molar refractivity (Wildman–Crippen MR) is 57.5 cm³/mol. The lowest BCUT2D eigenvalue weighted by Crippen LogP contribution is -1.88. The maximum absolute atomic E-state index is 8.86. The lowest BCUT2D eigenvalue weighted by molar-refractivity contribution is 0.281. The van der Waals surface area contributed by atoms with E-state index in [2.05, 4.69) is 38.5 Å². The number of halogens is 2. The van der Waals surface area contributed by atoms with E-state index in [0.29, 0.717) is 0 Å². The lowest BCUT2D eigenvalue weighted by Gasteiger charge is -2.03. The van der Waals surface area contributed by atoms with Gasteiger partial charge in [0.1, 0.15) is 0 Å². The quantitative estimate of drug-likeness (QED) is 0.787. The van der Waals surface area contributed by atoms with E-state index in [1.807, 2.05) is 19.1 Å². The number of aliphatic hydroxyl groups is 1. The van der Waals surface area contributed by atoms with Gasteiger partial charge in [-0.25, -0.2) is 0 Å². The van der Waals surface area contributed by atoms with Gasteiger partial charge in [-0.15, -0.1) is 0 Å². The van der Waals surface area contributed by atoms with Gasteiger partial charge >= 0.3 is 0 Å². The fourth-order valence-corrected chi connectivity index (χ4v) is 1.94. The first-order valence-corrected chi connectivity index (χ1v) is 5.07. The zero-order valence-corrected chi connectivity index (χ0v) is 9.81. The van der Waals surface area contributed by atoms with E-state index in [1.54, 1.807) is 0 Å². The van der Waals surface area contributed by atoms with Crippen LogP contribution in [0, 0.1) is 10.5 Å². The maximum atomic E-state index is 8.86. The number of hydrogen-bond acceptors (Lipinski definition) is 1. The van der Waals surface area contributed by atoms with Gasteiger partial charge in [0.2, 0.25) is 0 Å². The summed E-state index contributed by atoms with van der Waals surface area (Å²) in [5.41, 5.74) is 2.14. The van der Waals surface area contributed by atoms with Gasteiger partial charge in [-0.2, -0.15) is 0 Å². The van der Waals surface area contributed by atoms with E-state index in [9.17, 15) is 0 Å². The Kier molecular flexibility index (Phi) is 3.33. The van der Waals surface area contributed by atoms with Crippen LogP contribution in [0.2, 0.25) is 0 Å². The van der Waals surface area contributed by atoms with Crippen LogP contribution in [-0.2, 0) is 6.61 Å². The highest BCUT2D eigenvalue weighted by atomic mass is 127. The van der Waals surface area contributed by atoms with E-state index in [4.69, 9.17) is 5.11 Å². The molecule has 0 aliphatic heterocycles. The van der Waals surface area contributed by atoms with Gasteiger partial charge in [0, 0.05) is 8.04 Å². The van der Waals surface area contributed by atoms with E-state index in [-0.39, 0.29) is 6.61 Å². The summed E-state index contributed by atoms with van der Waals surface area (Å²) in [7, 11) is 0. The van der Waals surface area contributed by atoms with Crippen molar-refractivity contribution in [3.8, 4) is 0 Å². The standard InChI is InChI=1S/C8H8BrIO/c1-5-2-6(4-11)3-7(10)8(5)9/h2-3,11H,4H2,1H3. The molecular formula is C8H8BrIO. The molecule has 0 bridgehead atoms. The van der Waals surface area contributed by atoms with Crippen LogP contribution >= 0.6 is 38.5 Å². The summed E-state index contributed by atoms with van der Waals surface area (Å²) in [6.07, 6.45) is 0. The van der Waals surface area contributed by atoms with Gasteiger partial charge in [0.15, 0.2) is 0 Å². The summed E-state index contributed by atoms with van der Waals surface area (Å²) in [6, 6.07) is 3.95. The van der Waals surface area contributed by atoms with E-state index in [1.165, 1.54) is 5.56 Å². The molecule has 1 nitrogen and oxygen atoms in total. The lowest BCUT2D eigenvalue weighted by atomic mass is 10.1. The maximum Gasteiger partial charge on any atom is 0.0682 e. The molecule has 0 heterocycles. The zero-order chi connectivity index (χ0) is 8.43. The molecule has 0 aromatic heterocycles. The van der Waals surface area contributed by atoms with Crippen molar-refractivity contribution >= 4 is 38.5 Å². The van der Waals surface area contributed by atoms with Crippen molar-refractivity contribution in [2.75, 3.05) is 0 Å². The van der Waals surface area contributed by atoms with Crippen molar-refractivity contribution in [3.63, 3.8) is 0 Å². The monoisotopic (exact) mass is 326 g/mol. The molecule has 11 heavy (non-hydrogen) atoms. The molecule has 1 aromatic carbocycles. The molecule has 60 valence electrons. The second-order valence-corrected chi connectivity index (χ2v) is 4.32. The molecular weight excluding hydrogens is 319 g/mol. The van der Waals surface area contributed by atoms with Crippen molar-refractivity contribution in [1.82, 2.24) is 0 Å². The molecule has 0 amide bonds. The molecule has 0 spiro atoms. The molecule has 0 radical (unpaired) electrons. The molecule has 3 heteroatoms. The van der Waals surface area contributed by atoms with Crippen LogP contribution in [0.4, 0.5) is 0 Å². The third kappa shape index (κ3) is 2.16. The van der Waals surface area contributed by atoms with Crippen LogP contribution in [0.3, 0.4) is 0 Å². The Morgan fingerprint density at radius 2 is 2.18 bits per heavy atom. The van der Waals surface area contributed by atoms with Gasteiger partial charge in [-0.1, -0.05) is 6.07 Å². The van der Waals surface area contributed by atoms with Crippen LogP contribution in [0.1, 0.15) is 11.1 Å². The van der Waals surface area contributed by atoms with Gasteiger partial charge in [0.05, 0.1) is 6.61 Å². The molecule has 1 rings (SSSR count). The van der Waals surface area contributed by atoms with Gasteiger partial charge in [-0.3, -0.25) is 0 Å². The molecule has 0 saturated carbocycles. The number of benzene rings is 1. The van der Waals surface area contributed by atoms with Crippen molar-refractivity contribution in [2.45, 2.75) is 13.5 Å². The Labute approximate surface area is 88.1 Å². The third-order valence-corrected chi connectivity index (χ3v) is 4.10. The van der Waals surface area contributed by atoms with Gasteiger partial charge in [-0.05, 0) is 62.6 Å². The van der Waals surface area contributed by atoms with Crippen molar-refractivity contribution in [2.24, 2.45) is 0 Å². The summed E-state index contributed by atoms with van der Waals surface area (Å²) in [5.74, 6) is 0. The van der Waals surface area contributed by atoms with Crippen LogP contribution in [0.25, 0.3) is 0 Å². The van der Waals surface area contributed by atoms with Gasteiger partial charge < -0.3 is 5.11 Å². The number of hydrogen-bond donors (Lipinski definition) is 1. The highest BCUT2D eigenvalue weighted by Crippen LogP contribution is 2.24. The third-order valence-electron chi connectivity index (χ3n) is 1.45. The average molecular weight is 327 g/mol. The second kappa shape index (κ2) is 3.87. The normalized spacial score (nSPS) is 10.2. The van der Waals surface area contributed by atoms with Crippen molar-refractivity contribution in [3.05, 3.63) is 31.3 Å². The van der Waals surface area contributed by atoms with E-state index >= 15 is 0 Å². The van der Waals surface area contributed by atoms with Crippen LogP contribution in [-0.4, -0.2) is 5.11 Å². The molecule has 1 N–H and O–H groups in total. The van der Waals surface area contributed by atoms with Crippen LogP contribution < -0.4 is 0 Å². The second-order valence-electron chi connectivity index (χ2n) is 2.37. The first kappa shape index (κ1) is 9.48. The number of rotatable bonds is 1. The van der Waals surface area contributed by atoms with Gasteiger partial charge in [0.25, 0.3) is 0 Å². The Bertz CT molecular complexity index is 250. The number of aryl methyl sites for hydroxylation is 1. The Morgan fingerprint density at radius 1 is 1.55 bits per heavy atom. The first-order chi connectivity index (χ1) is 5.15. The Morgan fingerprint density at radius 3 is 2.64 bits per heavy atom. The topological polar surface area (TPSA) is 20.2 Å². The molecule has 0 saturated heterocycles. The molecule has 0 aliphatic rings. The summed E-state index contributed by atoms with van der Waals surface area (Å²) >= 11 is 5.69. The van der Waals surface area contributed by atoms with Crippen molar-refractivity contribution < 1.29 is 5.11 Å². The highest BCUT2D eigenvalue weighted by Gasteiger charge is 2.01. The Balaban J connectivity index is 3.21. The minimum absolute atomic E-state index is 0.115. The SMILES string of the molecule is Cc1cc(CO)cc(I)c1Br.